The van der Waals surface area contributed by atoms with Crippen LogP contribution in [0.25, 0.3) is 0 Å². The molecule has 2 N–H and O–H groups in total. The molecular weight excluding hydrogens is 313 g/mol. The van der Waals surface area contributed by atoms with Crippen molar-refractivity contribution in [2.24, 2.45) is 0 Å². The third kappa shape index (κ3) is 3.25. The molecule has 1 aliphatic carbocycles. The van der Waals surface area contributed by atoms with Crippen LogP contribution in [0.4, 0.5) is 9.18 Å². The SMILES string of the molecule is O=C(CCc1ccc(F)cc1)NN1C(=O)NC2(CCCCC2)C1=O. The Labute approximate surface area is 139 Å². The van der Waals surface area contributed by atoms with E-state index in [2.05, 4.69) is 10.7 Å². The number of nitrogens with one attached hydrogen (secondary N) is 2. The fraction of sp³-hybridized carbons (Fsp3) is 0.471. The first-order valence-electron chi connectivity index (χ1n) is 8.21. The number of imide groups is 1. The average molecular weight is 333 g/mol. The number of carbonyl (C=O) groups is 3. The molecule has 0 bridgehead atoms. The summed E-state index contributed by atoms with van der Waals surface area (Å²) in [5, 5.41) is 3.54. The summed E-state index contributed by atoms with van der Waals surface area (Å²) in [6.07, 6.45) is 4.56. The number of hydrazine groups is 1. The first kappa shape index (κ1) is 16.4. The van der Waals surface area contributed by atoms with Gasteiger partial charge in [-0.05, 0) is 37.0 Å². The van der Waals surface area contributed by atoms with Gasteiger partial charge < -0.3 is 5.32 Å². The second-order valence-corrected chi connectivity index (χ2v) is 6.37. The fourth-order valence-electron chi connectivity index (χ4n) is 3.31. The van der Waals surface area contributed by atoms with Gasteiger partial charge in [0.25, 0.3) is 5.91 Å². The highest BCUT2D eigenvalue weighted by Gasteiger charge is 2.52. The Kier molecular flexibility index (Phi) is 4.51. The second kappa shape index (κ2) is 6.59. The number of benzene rings is 1. The lowest BCUT2D eigenvalue weighted by atomic mass is 9.82. The minimum Gasteiger partial charge on any atom is -0.322 e. The van der Waals surface area contributed by atoms with E-state index >= 15 is 0 Å². The van der Waals surface area contributed by atoms with E-state index in [1.807, 2.05) is 0 Å². The Morgan fingerprint density at radius 2 is 1.83 bits per heavy atom. The third-order valence-electron chi connectivity index (χ3n) is 4.66. The van der Waals surface area contributed by atoms with Crippen LogP contribution in [0.15, 0.2) is 24.3 Å². The first-order chi connectivity index (χ1) is 11.5. The molecule has 6 nitrogen and oxygen atoms in total. The first-order valence-corrected chi connectivity index (χ1v) is 8.21. The molecule has 0 atom stereocenters. The molecular formula is C17H20FN3O3. The Hall–Kier alpha value is -2.44. The number of hydrogen-bond donors (Lipinski definition) is 2. The third-order valence-corrected chi connectivity index (χ3v) is 4.66. The molecule has 2 aliphatic rings. The summed E-state index contributed by atoms with van der Waals surface area (Å²) in [4.78, 5) is 36.6. The van der Waals surface area contributed by atoms with E-state index in [1.165, 1.54) is 12.1 Å². The summed E-state index contributed by atoms with van der Waals surface area (Å²) in [7, 11) is 0. The maximum absolute atomic E-state index is 12.8. The number of rotatable bonds is 4. The number of aryl methyl sites for hydroxylation is 1. The zero-order valence-electron chi connectivity index (χ0n) is 13.3. The van der Waals surface area contributed by atoms with Crippen LogP contribution in [-0.4, -0.2) is 28.4 Å². The Balaban J connectivity index is 1.56. The van der Waals surface area contributed by atoms with Crippen molar-refractivity contribution in [2.75, 3.05) is 0 Å². The minimum atomic E-state index is -0.848. The molecule has 128 valence electrons. The van der Waals surface area contributed by atoms with E-state index in [0.29, 0.717) is 19.3 Å². The van der Waals surface area contributed by atoms with Gasteiger partial charge in [0.05, 0.1) is 0 Å². The molecule has 3 rings (SSSR count). The van der Waals surface area contributed by atoms with Crippen LogP contribution in [0, 0.1) is 5.82 Å². The van der Waals surface area contributed by atoms with Crippen LogP contribution in [0.5, 0.6) is 0 Å². The van der Waals surface area contributed by atoms with Crippen molar-refractivity contribution in [2.45, 2.75) is 50.5 Å². The maximum Gasteiger partial charge on any atom is 0.344 e. The summed E-state index contributed by atoms with van der Waals surface area (Å²) in [5.41, 5.74) is 2.36. The molecule has 1 heterocycles. The molecule has 24 heavy (non-hydrogen) atoms. The van der Waals surface area contributed by atoms with Gasteiger partial charge in [0, 0.05) is 6.42 Å². The predicted molar refractivity (Wildman–Crippen MR) is 84.1 cm³/mol. The second-order valence-electron chi connectivity index (χ2n) is 6.37. The maximum atomic E-state index is 12.8. The lowest BCUT2D eigenvalue weighted by Gasteiger charge is -2.30. The number of urea groups is 1. The zero-order valence-corrected chi connectivity index (χ0v) is 13.3. The van der Waals surface area contributed by atoms with E-state index in [4.69, 9.17) is 0 Å². The summed E-state index contributed by atoms with van der Waals surface area (Å²) in [6, 6.07) is 5.30. The average Bonchev–Trinajstić information content (AvgIpc) is 2.79. The molecule has 4 amide bonds. The summed E-state index contributed by atoms with van der Waals surface area (Å²) < 4.78 is 12.8. The van der Waals surface area contributed by atoms with Crippen LogP contribution in [0.3, 0.4) is 0 Å². The van der Waals surface area contributed by atoms with Crippen molar-refractivity contribution in [3.8, 4) is 0 Å². The normalized spacial score (nSPS) is 19.5. The van der Waals surface area contributed by atoms with Crippen molar-refractivity contribution >= 4 is 17.8 Å². The number of amides is 4. The summed E-state index contributed by atoms with van der Waals surface area (Å²) >= 11 is 0. The van der Waals surface area contributed by atoms with Crippen LogP contribution in [0.2, 0.25) is 0 Å². The molecule has 1 aliphatic heterocycles. The molecule has 0 unspecified atom stereocenters. The number of halogens is 1. The Bertz CT molecular complexity index is 654. The van der Waals surface area contributed by atoms with Gasteiger partial charge in [-0.1, -0.05) is 31.4 Å². The molecule has 1 aromatic rings. The monoisotopic (exact) mass is 333 g/mol. The zero-order chi connectivity index (χ0) is 17.2. The highest BCUT2D eigenvalue weighted by atomic mass is 19.1. The molecule has 1 saturated carbocycles. The van der Waals surface area contributed by atoms with Crippen molar-refractivity contribution in [3.63, 3.8) is 0 Å². The molecule has 1 saturated heterocycles. The fourth-order valence-corrected chi connectivity index (χ4v) is 3.31. The lowest BCUT2D eigenvalue weighted by Crippen LogP contribution is -2.51. The van der Waals surface area contributed by atoms with Crippen LogP contribution < -0.4 is 10.7 Å². The Morgan fingerprint density at radius 3 is 2.50 bits per heavy atom. The number of hydrogen-bond acceptors (Lipinski definition) is 3. The number of carbonyl (C=O) groups excluding carboxylic acids is 3. The van der Waals surface area contributed by atoms with Crippen LogP contribution in [0.1, 0.15) is 44.1 Å². The van der Waals surface area contributed by atoms with Crippen molar-refractivity contribution < 1.29 is 18.8 Å². The molecule has 2 fully saturated rings. The van der Waals surface area contributed by atoms with Gasteiger partial charge in [-0.25, -0.2) is 9.18 Å². The van der Waals surface area contributed by atoms with E-state index in [-0.39, 0.29) is 18.1 Å². The van der Waals surface area contributed by atoms with Crippen LogP contribution >= 0.6 is 0 Å². The molecule has 0 aromatic heterocycles. The van der Waals surface area contributed by atoms with Gasteiger partial charge in [-0.2, -0.15) is 5.01 Å². The molecule has 1 spiro atoms. The van der Waals surface area contributed by atoms with Gasteiger partial charge in [0.15, 0.2) is 0 Å². The van der Waals surface area contributed by atoms with E-state index < -0.39 is 17.5 Å². The topological polar surface area (TPSA) is 78.5 Å². The van der Waals surface area contributed by atoms with Gasteiger partial charge in [-0.15, -0.1) is 0 Å². The van der Waals surface area contributed by atoms with Gasteiger partial charge in [0.1, 0.15) is 11.4 Å². The highest BCUT2D eigenvalue weighted by molar-refractivity contribution is 6.08. The highest BCUT2D eigenvalue weighted by Crippen LogP contribution is 2.32. The van der Waals surface area contributed by atoms with Gasteiger partial charge in [-0.3, -0.25) is 15.0 Å². The largest absolute Gasteiger partial charge is 0.344 e. The molecule has 7 heteroatoms. The summed E-state index contributed by atoms with van der Waals surface area (Å²) in [5.74, 6) is -1.13. The van der Waals surface area contributed by atoms with E-state index in [9.17, 15) is 18.8 Å². The lowest BCUT2D eigenvalue weighted by molar-refractivity contribution is -0.139. The minimum absolute atomic E-state index is 0.107. The smallest absolute Gasteiger partial charge is 0.322 e. The standard InChI is InChI=1S/C17H20FN3O3/c18-13-7-4-12(5-8-13)6-9-14(22)20-21-15(23)17(19-16(21)24)10-2-1-3-11-17/h4-5,7-8H,1-3,6,9-11H2,(H,19,24)(H,20,22). The van der Waals surface area contributed by atoms with Crippen molar-refractivity contribution in [3.05, 3.63) is 35.6 Å². The van der Waals surface area contributed by atoms with Crippen molar-refractivity contribution in [1.82, 2.24) is 15.8 Å². The number of nitrogens with zero attached hydrogens (tertiary/aromatic N) is 1. The Morgan fingerprint density at radius 1 is 1.17 bits per heavy atom. The predicted octanol–water partition coefficient (Wildman–Crippen LogP) is 2.04. The summed E-state index contributed by atoms with van der Waals surface area (Å²) in [6.45, 7) is 0. The quantitative estimate of drug-likeness (QED) is 0.828. The van der Waals surface area contributed by atoms with Gasteiger partial charge >= 0.3 is 6.03 Å². The van der Waals surface area contributed by atoms with Crippen LogP contribution in [-0.2, 0) is 16.0 Å². The molecule has 1 aromatic carbocycles. The molecule has 0 radical (unpaired) electrons. The van der Waals surface area contributed by atoms with E-state index in [0.717, 1.165) is 29.8 Å². The van der Waals surface area contributed by atoms with E-state index in [1.54, 1.807) is 12.1 Å². The van der Waals surface area contributed by atoms with Gasteiger partial charge in [0.2, 0.25) is 5.91 Å². The van der Waals surface area contributed by atoms with Crippen molar-refractivity contribution in [1.29, 1.82) is 0 Å².